The minimum atomic E-state index is -0.529. The predicted octanol–water partition coefficient (Wildman–Crippen LogP) is 2.89. The quantitative estimate of drug-likeness (QED) is 0.501. The number of anilines is 1. The zero-order chi connectivity index (χ0) is 21.5. The van der Waals surface area contributed by atoms with E-state index in [4.69, 9.17) is 0 Å². The third-order valence-corrected chi connectivity index (χ3v) is 5.88. The van der Waals surface area contributed by atoms with Gasteiger partial charge < -0.3 is 20.4 Å². The maximum Gasteiger partial charge on any atom is 0.222 e. The fourth-order valence-electron chi connectivity index (χ4n) is 4.35. The smallest absolute Gasteiger partial charge is 0.222 e. The van der Waals surface area contributed by atoms with Gasteiger partial charge in [0.1, 0.15) is 17.3 Å². The van der Waals surface area contributed by atoms with Gasteiger partial charge in [0, 0.05) is 51.2 Å². The van der Waals surface area contributed by atoms with Crippen LogP contribution in [-0.2, 0) is 4.79 Å². The molecular formula is C22H33F2N5O. The summed E-state index contributed by atoms with van der Waals surface area (Å²) >= 11 is 0. The highest BCUT2D eigenvalue weighted by atomic mass is 19.1. The molecule has 0 aromatic heterocycles. The molecule has 2 fully saturated rings. The van der Waals surface area contributed by atoms with Crippen LogP contribution < -0.4 is 15.5 Å². The number of benzene rings is 1. The summed E-state index contributed by atoms with van der Waals surface area (Å²) in [6, 6.07) is 4.26. The third-order valence-electron chi connectivity index (χ3n) is 5.88. The Morgan fingerprint density at radius 3 is 2.67 bits per heavy atom. The summed E-state index contributed by atoms with van der Waals surface area (Å²) in [7, 11) is 0. The normalized spacial score (nSPS) is 20.7. The van der Waals surface area contributed by atoms with E-state index in [-0.39, 0.29) is 23.7 Å². The molecule has 0 spiro atoms. The van der Waals surface area contributed by atoms with Crippen LogP contribution in [0.25, 0.3) is 0 Å². The van der Waals surface area contributed by atoms with Crippen LogP contribution >= 0.6 is 0 Å². The minimum absolute atomic E-state index is 0.0461. The average Bonchev–Trinajstić information content (AvgIpc) is 3.34. The van der Waals surface area contributed by atoms with E-state index in [1.807, 2.05) is 11.8 Å². The van der Waals surface area contributed by atoms with Crippen molar-refractivity contribution in [3.63, 3.8) is 0 Å². The van der Waals surface area contributed by atoms with Crippen LogP contribution in [0.3, 0.4) is 0 Å². The predicted molar refractivity (Wildman–Crippen MR) is 116 cm³/mol. The first-order chi connectivity index (χ1) is 14.5. The first kappa shape index (κ1) is 22.3. The Kier molecular flexibility index (Phi) is 7.87. The van der Waals surface area contributed by atoms with Gasteiger partial charge >= 0.3 is 0 Å². The lowest BCUT2D eigenvalue weighted by Gasteiger charge is -2.26. The van der Waals surface area contributed by atoms with Crippen molar-refractivity contribution in [3.05, 3.63) is 29.8 Å². The molecule has 8 heteroatoms. The first-order valence-corrected chi connectivity index (χ1v) is 11.1. The van der Waals surface area contributed by atoms with Crippen LogP contribution in [0.4, 0.5) is 14.5 Å². The van der Waals surface area contributed by atoms with Crippen molar-refractivity contribution < 1.29 is 13.6 Å². The molecule has 2 heterocycles. The molecule has 1 aromatic rings. The maximum atomic E-state index is 14.1. The number of carbonyl (C=O) groups excluding carboxylic acids is 1. The van der Waals surface area contributed by atoms with Gasteiger partial charge in [0.05, 0.1) is 0 Å². The highest BCUT2D eigenvalue weighted by Crippen LogP contribution is 2.26. The fourth-order valence-corrected chi connectivity index (χ4v) is 4.35. The van der Waals surface area contributed by atoms with Crippen LogP contribution in [0, 0.1) is 11.6 Å². The molecule has 2 N–H and O–H groups in total. The number of carbonyl (C=O) groups is 1. The number of guanidine groups is 1. The van der Waals surface area contributed by atoms with E-state index in [9.17, 15) is 13.6 Å². The standard InChI is InChI=1S/C22H33F2N5O/c1-3-17(29-13-6-9-20(29)30)10-12-26-22(25-4-2)27-16-11-14-28(15-16)21-18(23)7-5-8-19(21)24/h5,7-8,16-17H,3-4,6,9-15H2,1-2H3,(H2,25,26,27). The molecule has 0 bridgehead atoms. The first-order valence-electron chi connectivity index (χ1n) is 11.1. The Bertz CT molecular complexity index is 737. The van der Waals surface area contributed by atoms with Crippen molar-refractivity contribution in [2.75, 3.05) is 37.6 Å². The molecule has 2 atom stereocenters. The van der Waals surface area contributed by atoms with Gasteiger partial charge in [0.25, 0.3) is 0 Å². The molecule has 2 saturated heterocycles. The highest BCUT2D eigenvalue weighted by Gasteiger charge is 2.28. The van der Waals surface area contributed by atoms with Crippen molar-refractivity contribution in [1.82, 2.24) is 15.5 Å². The SMILES string of the molecule is CCNC(=NCCC(CC)N1CCCC1=O)NC1CCN(c2c(F)cccc2F)C1. The van der Waals surface area contributed by atoms with E-state index in [2.05, 4.69) is 22.5 Å². The Hall–Kier alpha value is -2.38. The molecule has 6 nitrogen and oxygen atoms in total. The molecule has 0 saturated carbocycles. The van der Waals surface area contributed by atoms with E-state index in [0.29, 0.717) is 32.0 Å². The maximum absolute atomic E-state index is 14.1. The van der Waals surface area contributed by atoms with Crippen molar-refractivity contribution in [2.24, 2.45) is 4.99 Å². The van der Waals surface area contributed by atoms with Gasteiger partial charge in [-0.3, -0.25) is 9.79 Å². The molecule has 2 aliphatic rings. The summed E-state index contributed by atoms with van der Waals surface area (Å²) < 4.78 is 28.2. The number of para-hydroxylation sites is 1. The van der Waals surface area contributed by atoms with Crippen LogP contribution in [-0.4, -0.2) is 61.6 Å². The monoisotopic (exact) mass is 421 g/mol. The number of aliphatic imine (C=N–C) groups is 1. The Labute approximate surface area is 177 Å². The molecule has 0 radical (unpaired) electrons. The molecule has 0 aliphatic carbocycles. The van der Waals surface area contributed by atoms with Crippen LogP contribution in [0.2, 0.25) is 0 Å². The summed E-state index contributed by atoms with van der Waals surface area (Å²) in [6.45, 7) is 7.42. The highest BCUT2D eigenvalue weighted by molar-refractivity contribution is 5.80. The molecule has 2 aliphatic heterocycles. The molecule has 3 rings (SSSR count). The van der Waals surface area contributed by atoms with Gasteiger partial charge in [-0.25, -0.2) is 8.78 Å². The number of rotatable bonds is 8. The molecular weight excluding hydrogens is 388 g/mol. The van der Waals surface area contributed by atoms with Gasteiger partial charge in [0.15, 0.2) is 5.96 Å². The van der Waals surface area contributed by atoms with E-state index < -0.39 is 11.6 Å². The van der Waals surface area contributed by atoms with Gasteiger partial charge in [-0.1, -0.05) is 13.0 Å². The van der Waals surface area contributed by atoms with E-state index >= 15 is 0 Å². The summed E-state index contributed by atoms with van der Waals surface area (Å²) in [5, 5.41) is 6.65. The minimum Gasteiger partial charge on any atom is -0.365 e. The van der Waals surface area contributed by atoms with Crippen molar-refractivity contribution in [3.8, 4) is 0 Å². The number of nitrogens with one attached hydrogen (secondary N) is 2. The molecule has 2 unspecified atom stereocenters. The summed E-state index contributed by atoms with van der Waals surface area (Å²) in [5.74, 6) is -0.0974. The number of halogens is 2. The zero-order valence-corrected chi connectivity index (χ0v) is 18.0. The second-order valence-corrected chi connectivity index (χ2v) is 7.95. The molecule has 1 aromatic carbocycles. The van der Waals surface area contributed by atoms with Gasteiger partial charge in [-0.15, -0.1) is 0 Å². The van der Waals surface area contributed by atoms with Gasteiger partial charge in [-0.2, -0.15) is 0 Å². The van der Waals surface area contributed by atoms with E-state index in [1.165, 1.54) is 18.2 Å². The second kappa shape index (κ2) is 10.6. The Morgan fingerprint density at radius 1 is 1.27 bits per heavy atom. The fraction of sp³-hybridized carbons (Fsp3) is 0.636. The van der Waals surface area contributed by atoms with E-state index in [1.54, 1.807) is 4.90 Å². The molecule has 166 valence electrons. The third kappa shape index (κ3) is 5.40. The number of hydrogen-bond acceptors (Lipinski definition) is 3. The lowest BCUT2D eigenvalue weighted by atomic mass is 10.1. The molecule has 1 amide bonds. The summed E-state index contributed by atoms with van der Waals surface area (Å²) in [5.41, 5.74) is 0.0461. The summed E-state index contributed by atoms with van der Waals surface area (Å²) in [6.07, 6.45) is 4.14. The van der Waals surface area contributed by atoms with Gasteiger partial charge in [-0.05, 0) is 44.7 Å². The van der Waals surface area contributed by atoms with Crippen molar-refractivity contribution in [1.29, 1.82) is 0 Å². The summed E-state index contributed by atoms with van der Waals surface area (Å²) in [4.78, 5) is 20.4. The lowest BCUT2D eigenvalue weighted by Crippen LogP contribution is -2.45. The van der Waals surface area contributed by atoms with Crippen LogP contribution in [0.1, 0.15) is 46.0 Å². The van der Waals surface area contributed by atoms with Crippen LogP contribution in [0.5, 0.6) is 0 Å². The lowest BCUT2D eigenvalue weighted by molar-refractivity contribution is -0.129. The Balaban J connectivity index is 1.55. The van der Waals surface area contributed by atoms with Crippen LogP contribution in [0.15, 0.2) is 23.2 Å². The van der Waals surface area contributed by atoms with Crippen molar-refractivity contribution in [2.45, 2.75) is 58.0 Å². The Morgan fingerprint density at radius 2 is 2.03 bits per heavy atom. The number of hydrogen-bond donors (Lipinski definition) is 2. The topological polar surface area (TPSA) is 60.0 Å². The van der Waals surface area contributed by atoms with E-state index in [0.717, 1.165) is 38.8 Å². The molecule has 30 heavy (non-hydrogen) atoms. The number of amides is 1. The van der Waals surface area contributed by atoms with Gasteiger partial charge in [0.2, 0.25) is 5.91 Å². The largest absolute Gasteiger partial charge is 0.365 e. The zero-order valence-electron chi connectivity index (χ0n) is 18.0. The van der Waals surface area contributed by atoms with Crippen molar-refractivity contribution >= 4 is 17.6 Å². The number of nitrogens with zero attached hydrogens (tertiary/aromatic N) is 3. The second-order valence-electron chi connectivity index (χ2n) is 7.95. The average molecular weight is 422 g/mol. The number of likely N-dealkylation sites (tertiary alicyclic amines) is 1.